The zero-order chi connectivity index (χ0) is 14.7. The minimum Gasteiger partial charge on any atom is -0.381 e. The van der Waals surface area contributed by atoms with Gasteiger partial charge in [0.1, 0.15) is 0 Å². The predicted molar refractivity (Wildman–Crippen MR) is 85.6 cm³/mol. The molecule has 108 valence electrons. The molecule has 0 aliphatic heterocycles. The average Bonchev–Trinajstić information content (AvgIpc) is 3.00. The Bertz CT molecular complexity index is 647. The molecule has 0 saturated heterocycles. The number of amides is 1. The monoisotopic (exact) mass is 280 g/mol. The van der Waals surface area contributed by atoms with Crippen molar-refractivity contribution in [1.29, 1.82) is 0 Å². The molecule has 0 atom stereocenters. The summed E-state index contributed by atoms with van der Waals surface area (Å²) in [5, 5.41) is 6.08. The second kappa shape index (κ2) is 6.00. The third-order valence-corrected chi connectivity index (χ3v) is 4.04. The highest BCUT2D eigenvalue weighted by atomic mass is 16.1. The standard InChI is InChI=1S/C18H20N2O/c1-19-18(21)15-7-5-13(6-8-15)12-20-17-10-9-14-3-2-4-16(14)11-17/h5-11,20H,2-4,12H2,1H3,(H,19,21). The molecule has 2 aromatic carbocycles. The summed E-state index contributed by atoms with van der Waals surface area (Å²) in [6, 6.07) is 14.4. The lowest BCUT2D eigenvalue weighted by atomic mass is 10.1. The second-order valence-electron chi connectivity index (χ2n) is 5.47. The van der Waals surface area contributed by atoms with Crippen LogP contribution >= 0.6 is 0 Å². The Morgan fingerprint density at radius 2 is 1.81 bits per heavy atom. The maximum Gasteiger partial charge on any atom is 0.251 e. The maximum absolute atomic E-state index is 11.5. The molecular weight excluding hydrogens is 260 g/mol. The summed E-state index contributed by atoms with van der Waals surface area (Å²) in [5.41, 5.74) is 6.01. The highest BCUT2D eigenvalue weighted by Gasteiger charge is 2.10. The molecule has 0 bridgehead atoms. The van der Waals surface area contributed by atoms with Crippen LogP contribution < -0.4 is 10.6 Å². The van der Waals surface area contributed by atoms with Crippen LogP contribution in [-0.4, -0.2) is 13.0 Å². The zero-order valence-corrected chi connectivity index (χ0v) is 12.3. The Kier molecular flexibility index (Phi) is 3.91. The van der Waals surface area contributed by atoms with E-state index in [9.17, 15) is 4.79 Å². The number of hydrogen-bond donors (Lipinski definition) is 2. The van der Waals surface area contributed by atoms with Crippen molar-refractivity contribution in [3.05, 3.63) is 64.7 Å². The van der Waals surface area contributed by atoms with Gasteiger partial charge in [0.05, 0.1) is 0 Å². The molecule has 0 heterocycles. The molecule has 1 amide bonds. The van der Waals surface area contributed by atoms with Crippen LogP contribution in [0.1, 0.15) is 33.5 Å². The van der Waals surface area contributed by atoms with Crippen molar-refractivity contribution in [2.45, 2.75) is 25.8 Å². The summed E-state index contributed by atoms with van der Waals surface area (Å²) >= 11 is 0. The number of aryl methyl sites for hydroxylation is 2. The topological polar surface area (TPSA) is 41.1 Å². The minimum absolute atomic E-state index is 0.0480. The lowest BCUT2D eigenvalue weighted by Crippen LogP contribution is -2.17. The van der Waals surface area contributed by atoms with Gasteiger partial charge in [0, 0.05) is 24.8 Å². The molecule has 0 radical (unpaired) electrons. The van der Waals surface area contributed by atoms with Gasteiger partial charge in [-0.3, -0.25) is 4.79 Å². The van der Waals surface area contributed by atoms with Crippen molar-refractivity contribution in [2.24, 2.45) is 0 Å². The molecule has 21 heavy (non-hydrogen) atoms. The van der Waals surface area contributed by atoms with Gasteiger partial charge >= 0.3 is 0 Å². The van der Waals surface area contributed by atoms with Crippen molar-refractivity contribution in [3.8, 4) is 0 Å². The number of hydrogen-bond acceptors (Lipinski definition) is 2. The maximum atomic E-state index is 11.5. The highest BCUT2D eigenvalue weighted by Crippen LogP contribution is 2.25. The Morgan fingerprint density at radius 1 is 1.05 bits per heavy atom. The van der Waals surface area contributed by atoms with E-state index >= 15 is 0 Å². The molecule has 3 rings (SSSR count). The van der Waals surface area contributed by atoms with Gasteiger partial charge in [-0.2, -0.15) is 0 Å². The minimum atomic E-state index is -0.0480. The quantitative estimate of drug-likeness (QED) is 0.903. The van der Waals surface area contributed by atoms with Crippen molar-refractivity contribution in [2.75, 3.05) is 12.4 Å². The van der Waals surface area contributed by atoms with Crippen LogP contribution in [0.4, 0.5) is 5.69 Å². The number of fused-ring (bicyclic) bond motifs is 1. The fraction of sp³-hybridized carbons (Fsp3) is 0.278. The van der Waals surface area contributed by atoms with Gasteiger partial charge in [0.2, 0.25) is 0 Å². The number of benzene rings is 2. The third kappa shape index (κ3) is 3.07. The molecule has 0 saturated carbocycles. The second-order valence-corrected chi connectivity index (χ2v) is 5.47. The number of carbonyl (C=O) groups excluding carboxylic acids is 1. The summed E-state index contributed by atoms with van der Waals surface area (Å²) in [6.45, 7) is 0.771. The summed E-state index contributed by atoms with van der Waals surface area (Å²) < 4.78 is 0. The van der Waals surface area contributed by atoms with Gasteiger partial charge < -0.3 is 10.6 Å². The SMILES string of the molecule is CNC(=O)c1ccc(CNc2ccc3c(c2)CCC3)cc1. The van der Waals surface area contributed by atoms with E-state index in [0.717, 1.165) is 6.54 Å². The average molecular weight is 280 g/mol. The van der Waals surface area contributed by atoms with Gasteiger partial charge in [-0.05, 0) is 60.2 Å². The van der Waals surface area contributed by atoms with Crippen LogP contribution in [0.15, 0.2) is 42.5 Å². The van der Waals surface area contributed by atoms with E-state index in [1.807, 2.05) is 24.3 Å². The first kappa shape index (κ1) is 13.7. The van der Waals surface area contributed by atoms with Crippen LogP contribution in [0.5, 0.6) is 0 Å². The summed E-state index contributed by atoms with van der Waals surface area (Å²) in [7, 11) is 1.64. The molecule has 2 aromatic rings. The fourth-order valence-corrected chi connectivity index (χ4v) is 2.80. The van der Waals surface area contributed by atoms with Gasteiger partial charge in [-0.15, -0.1) is 0 Å². The van der Waals surface area contributed by atoms with Crippen molar-refractivity contribution in [1.82, 2.24) is 5.32 Å². The van der Waals surface area contributed by atoms with E-state index in [0.29, 0.717) is 5.56 Å². The third-order valence-electron chi connectivity index (χ3n) is 4.04. The van der Waals surface area contributed by atoms with E-state index in [1.165, 1.54) is 41.6 Å². The van der Waals surface area contributed by atoms with E-state index < -0.39 is 0 Å². The first-order chi connectivity index (χ1) is 10.3. The summed E-state index contributed by atoms with van der Waals surface area (Å²) in [6.07, 6.45) is 3.70. The smallest absolute Gasteiger partial charge is 0.251 e. The summed E-state index contributed by atoms with van der Waals surface area (Å²) in [4.78, 5) is 11.5. The van der Waals surface area contributed by atoms with E-state index in [4.69, 9.17) is 0 Å². The van der Waals surface area contributed by atoms with Gasteiger partial charge in [0.15, 0.2) is 0 Å². The van der Waals surface area contributed by atoms with Crippen LogP contribution in [0.3, 0.4) is 0 Å². The molecule has 3 heteroatoms. The van der Waals surface area contributed by atoms with Crippen LogP contribution in [0.2, 0.25) is 0 Å². The largest absolute Gasteiger partial charge is 0.381 e. The lowest BCUT2D eigenvalue weighted by Gasteiger charge is -2.09. The fourth-order valence-electron chi connectivity index (χ4n) is 2.80. The molecule has 0 fully saturated rings. The van der Waals surface area contributed by atoms with E-state index in [-0.39, 0.29) is 5.91 Å². The Balaban J connectivity index is 1.63. The van der Waals surface area contributed by atoms with Crippen LogP contribution in [0.25, 0.3) is 0 Å². The number of carbonyl (C=O) groups is 1. The predicted octanol–water partition coefficient (Wildman–Crippen LogP) is 3.15. The molecule has 1 aliphatic carbocycles. The molecule has 0 aromatic heterocycles. The molecule has 1 aliphatic rings. The van der Waals surface area contributed by atoms with Crippen molar-refractivity contribution < 1.29 is 4.79 Å². The number of rotatable bonds is 4. The molecule has 0 unspecified atom stereocenters. The Hall–Kier alpha value is -2.29. The van der Waals surface area contributed by atoms with Crippen LogP contribution in [-0.2, 0) is 19.4 Å². The highest BCUT2D eigenvalue weighted by molar-refractivity contribution is 5.93. The Morgan fingerprint density at radius 3 is 2.57 bits per heavy atom. The van der Waals surface area contributed by atoms with Crippen molar-refractivity contribution in [3.63, 3.8) is 0 Å². The molecule has 2 N–H and O–H groups in total. The summed E-state index contributed by atoms with van der Waals surface area (Å²) in [5.74, 6) is -0.0480. The number of anilines is 1. The van der Waals surface area contributed by atoms with Crippen molar-refractivity contribution >= 4 is 11.6 Å². The first-order valence-electron chi connectivity index (χ1n) is 7.43. The number of nitrogens with one attached hydrogen (secondary N) is 2. The normalized spacial score (nSPS) is 12.8. The van der Waals surface area contributed by atoms with E-state index in [2.05, 4.69) is 28.8 Å². The van der Waals surface area contributed by atoms with Gasteiger partial charge in [-0.1, -0.05) is 18.2 Å². The van der Waals surface area contributed by atoms with E-state index in [1.54, 1.807) is 7.05 Å². The first-order valence-corrected chi connectivity index (χ1v) is 7.43. The van der Waals surface area contributed by atoms with Gasteiger partial charge in [-0.25, -0.2) is 0 Å². The van der Waals surface area contributed by atoms with Gasteiger partial charge in [0.25, 0.3) is 5.91 Å². The van der Waals surface area contributed by atoms with Crippen LogP contribution in [0, 0.1) is 0 Å². The molecular formula is C18H20N2O. The molecule has 0 spiro atoms. The zero-order valence-electron chi connectivity index (χ0n) is 12.3. The Labute approximate surface area is 125 Å². The molecule has 3 nitrogen and oxygen atoms in total. The lowest BCUT2D eigenvalue weighted by molar-refractivity contribution is 0.0963.